The molecule has 0 saturated carbocycles. The Morgan fingerprint density at radius 2 is 1.81 bits per heavy atom. The molecule has 140 valence electrons. The van der Waals surface area contributed by atoms with E-state index in [1.165, 1.54) is 21.6 Å². The molecule has 2 aromatic rings. The summed E-state index contributed by atoms with van der Waals surface area (Å²) in [6, 6.07) is 11.9. The number of pyridine rings is 1. The van der Waals surface area contributed by atoms with Crippen LogP contribution in [0.3, 0.4) is 0 Å². The van der Waals surface area contributed by atoms with Crippen molar-refractivity contribution >= 4 is 33.5 Å². The second kappa shape index (κ2) is 8.75. The van der Waals surface area contributed by atoms with Crippen LogP contribution < -0.4 is 4.90 Å². The molecule has 0 unspecified atom stereocenters. The van der Waals surface area contributed by atoms with Crippen LogP contribution in [0.2, 0.25) is 0 Å². The van der Waals surface area contributed by atoms with Gasteiger partial charge in [-0.15, -0.1) is 23.5 Å². The first-order valence-electron chi connectivity index (χ1n) is 8.52. The molecule has 1 aliphatic rings. The van der Waals surface area contributed by atoms with E-state index < -0.39 is 10.0 Å². The van der Waals surface area contributed by atoms with Gasteiger partial charge >= 0.3 is 0 Å². The minimum Gasteiger partial charge on any atom is -0.335 e. The lowest BCUT2D eigenvalue weighted by molar-refractivity contribution is -0.883. The van der Waals surface area contributed by atoms with Crippen LogP contribution in [-0.4, -0.2) is 57.2 Å². The molecule has 0 radical (unpaired) electrons. The molecule has 5 nitrogen and oxygen atoms in total. The van der Waals surface area contributed by atoms with Gasteiger partial charge in [0.25, 0.3) is 0 Å². The number of likely N-dealkylation sites (N-methyl/N-ethyl adjacent to an activating group) is 1. The zero-order valence-corrected chi connectivity index (χ0v) is 17.5. The molecule has 0 spiro atoms. The summed E-state index contributed by atoms with van der Waals surface area (Å²) in [4.78, 5) is 7.25. The van der Waals surface area contributed by atoms with Gasteiger partial charge in [-0.3, -0.25) is 0 Å². The number of thioether (sulfide) groups is 2. The maximum atomic E-state index is 12.7. The Balaban J connectivity index is 1.62. The minimum absolute atomic E-state index is 0.283. The van der Waals surface area contributed by atoms with E-state index in [0.29, 0.717) is 13.1 Å². The van der Waals surface area contributed by atoms with Gasteiger partial charge in [-0.2, -0.15) is 4.31 Å². The highest BCUT2D eigenvalue weighted by molar-refractivity contribution is 7.98. The van der Waals surface area contributed by atoms with Crippen molar-refractivity contribution in [2.24, 2.45) is 0 Å². The van der Waals surface area contributed by atoms with Crippen molar-refractivity contribution in [3.63, 3.8) is 0 Å². The zero-order chi connectivity index (χ0) is 18.6. The van der Waals surface area contributed by atoms with Crippen LogP contribution in [0.5, 0.6) is 0 Å². The van der Waals surface area contributed by atoms with Gasteiger partial charge in [0.1, 0.15) is 4.90 Å². The molecule has 26 heavy (non-hydrogen) atoms. The molecule has 1 aromatic carbocycles. The number of nitrogens with one attached hydrogen (secondary N) is 1. The van der Waals surface area contributed by atoms with Crippen LogP contribution in [0.15, 0.2) is 57.4 Å². The van der Waals surface area contributed by atoms with Crippen molar-refractivity contribution in [3.05, 3.63) is 48.2 Å². The van der Waals surface area contributed by atoms with Gasteiger partial charge in [-0.1, -0.05) is 12.1 Å². The van der Waals surface area contributed by atoms with E-state index in [-0.39, 0.29) is 4.90 Å². The van der Waals surface area contributed by atoms with Crippen molar-refractivity contribution in [1.82, 2.24) is 9.29 Å². The lowest BCUT2D eigenvalue weighted by Gasteiger charge is -2.29. The molecular weight excluding hydrogens is 386 g/mol. The highest BCUT2D eigenvalue weighted by Crippen LogP contribution is 2.24. The van der Waals surface area contributed by atoms with Crippen molar-refractivity contribution in [2.45, 2.75) is 20.6 Å². The van der Waals surface area contributed by atoms with Crippen molar-refractivity contribution in [2.75, 3.05) is 39.5 Å². The number of aromatic nitrogens is 1. The number of rotatable bonds is 6. The fraction of sp³-hybridized carbons (Fsp3) is 0.389. The lowest BCUT2D eigenvalue weighted by Crippen LogP contribution is -3.12. The van der Waals surface area contributed by atoms with Crippen LogP contribution in [-0.2, 0) is 15.8 Å². The number of hydrogen-bond acceptors (Lipinski definition) is 5. The number of hydrogen-bond donors (Lipinski definition) is 1. The Bertz CT molecular complexity index is 816. The summed E-state index contributed by atoms with van der Waals surface area (Å²) >= 11 is 3.34. The molecule has 1 N–H and O–H groups in total. The monoisotopic (exact) mass is 410 g/mol. The molecule has 1 aromatic heterocycles. The molecule has 0 aliphatic carbocycles. The van der Waals surface area contributed by atoms with E-state index in [4.69, 9.17) is 0 Å². The van der Waals surface area contributed by atoms with Crippen molar-refractivity contribution in [1.29, 1.82) is 0 Å². The first-order chi connectivity index (χ1) is 12.5. The summed E-state index contributed by atoms with van der Waals surface area (Å²) in [7, 11) is -1.34. The Hall–Kier alpha value is -1.06. The first-order valence-corrected chi connectivity index (χ1v) is 12.2. The number of benzene rings is 1. The topological polar surface area (TPSA) is 54.7 Å². The summed E-state index contributed by atoms with van der Waals surface area (Å²) < 4.78 is 27.0. The van der Waals surface area contributed by atoms with E-state index in [2.05, 4.69) is 42.6 Å². The second-order valence-corrected chi connectivity index (χ2v) is 10.1. The number of quaternary nitrogens is 1. The van der Waals surface area contributed by atoms with Crippen LogP contribution >= 0.6 is 23.5 Å². The summed E-state index contributed by atoms with van der Waals surface area (Å²) in [6.07, 6.45) is 3.55. The summed E-state index contributed by atoms with van der Waals surface area (Å²) in [5.74, 6) is 0.814. The first kappa shape index (κ1) is 19.7. The smallest absolute Gasteiger partial charge is 0.245 e. The van der Waals surface area contributed by atoms with Crippen molar-refractivity contribution in [3.8, 4) is 0 Å². The quantitative estimate of drug-likeness (QED) is 0.734. The highest BCUT2D eigenvalue weighted by atomic mass is 32.2. The third-order valence-corrected chi connectivity index (χ3v) is 8.11. The largest absolute Gasteiger partial charge is 0.335 e. The molecule has 1 fully saturated rings. The Kier molecular flexibility index (Phi) is 6.63. The molecule has 1 aliphatic heterocycles. The fourth-order valence-corrected chi connectivity index (χ4v) is 5.34. The van der Waals surface area contributed by atoms with Gasteiger partial charge < -0.3 is 4.90 Å². The molecule has 1 saturated heterocycles. The van der Waals surface area contributed by atoms with Gasteiger partial charge in [0.15, 0.2) is 0 Å². The second-order valence-electron chi connectivity index (χ2n) is 6.33. The van der Waals surface area contributed by atoms with Crippen LogP contribution in [0.4, 0.5) is 0 Å². The number of sulfonamides is 1. The molecule has 2 heterocycles. The number of nitrogens with zero attached hydrogens (tertiary/aromatic N) is 2. The maximum absolute atomic E-state index is 12.7. The van der Waals surface area contributed by atoms with Gasteiger partial charge in [-0.05, 0) is 36.1 Å². The summed E-state index contributed by atoms with van der Waals surface area (Å²) in [6.45, 7) is 2.82. The zero-order valence-electron chi connectivity index (χ0n) is 15.0. The van der Waals surface area contributed by atoms with Gasteiger partial charge in [-0.25, -0.2) is 13.4 Å². The number of piperazine rings is 1. The van der Waals surface area contributed by atoms with E-state index in [1.807, 2.05) is 0 Å². The predicted octanol–water partition coefficient (Wildman–Crippen LogP) is 1.61. The van der Waals surface area contributed by atoms with Crippen LogP contribution in [0, 0.1) is 0 Å². The van der Waals surface area contributed by atoms with Crippen molar-refractivity contribution < 1.29 is 13.3 Å². The molecule has 8 heteroatoms. The molecule has 0 amide bonds. The van der Waals surface area contributed by atoms with Gasteiger partial charge in [0.05, 0.1) is 38.3 Å². The third kappa shape index (κ3) is 4.80. The van der Waals surface area contributed by atoms with E-state index in [1.54, 1.807) is 40.0 Å². The summed E-state index contributed by atoms with van der Waals surface area (Å²) in [5, 5.41) is 0.834. The van der Waals surface area contributed by atoms with E-state index in [9.17, 15) is 8.42 Å². The summed E-state index contributed by atoms with van der Waals surface area (Å²) in [5.41, 5.74) is 1.23. The molecular formula is C18H24N3O2S3+. The average molecular weight is 411 g/mol. The Morgan fingerprint density at radius 3 is 2.38 bits per heavy atom. The SMILES string of the molecule is CSc1ccc(CSc2ccc(S(=O)(=O)N3CC[NH+](C)CC3)cn2)cc1. The standard InChI is InChI=1S/C18H23N3O2S3/c1-20-9-11-21(12-10-20)26(22,23)17-7-8-18(19-13-17)25-14-15-3-5-16(24-2)6-4-15/h3-8,13H,9-12,14H2,1-2H3/p+1. The minimum atomic E-state index is -3.43. The van der Waals surface area contributed by atoms with Gasteiger partial charge in [0.2, 0.25) is 10.0 Å². The van der Waals surface area contributed by atoms with Crippen LogP contribution in [0.25, 0.3) is 0 Å². The Morgan fingerprint density at radius 1 is 1.12 bits per heavy atom. The predicted molar refractivity (Wildman–Crippen MR) is 107 cm³/mol. The van der Waals surface area contributed by atoms with Crippen LogP contribution in [0.1, 0.15) is 5.56 Å². The Labute approximate surface area is 164 Å². The van der Waals surface area contributed by atoms with Gasteiger partial charge in [0, 0.05) is 16.8 Å². The van der Waals surface area contributed by atoms with E-state index >= 15 is 0 Å². The molecule has 0 atom stereocenters. The third-order valence-electron chi connectivity index (χ3n) is 4.47. The molecule has 3 rings (SSSR count). The average Bonchev–Trinajstić information content (AvgIpc) is 2.67. The molecule has 0 bridgehead atoms. The highest BCUT2D eigenvalue weighted by Gasteiger charge is 2.29. The maximum Gasteiger partial charge on any atom is 0.245 e. The lowest BCUT2D eigenvalue weighted by atomic mass is 10.2. The van der Waals surface area contributed by atoms with E-state index in [0.717, 1.165) is 23.9 Å². The fourth-order valence-electron chi connectivity index (χ4n) is 2.74. The normalized spacial score (nSPS) is 16.7.